The first kappa shape index (κ1) is 14.4. The van der Waals surface area contributed by atoms with E-state index in [0.717, 1.165) is 11.5 Å². The van der Waals surface area contributed by atoms with E-state index in [1.807, 2.05) is 24.3 Å². The molecule has 0 aliphatic rings. The second-order valence-electron chi connectivity index (χ2n) is 4.04. The van der Waals surface area contributed by atoms with Crippen LogP contribution in [0.1, 0.15) is 12.7 Å². The van der Waals surface area contributed by atoms with Crippen molar-refractivity contribution >= 4 is 17.6 Å². The lowest BCUT2D eigenvalue weighted by Crippen LogP contribution is -2.05. The number of aromatic nitrogens is 2. The zero-order valence-corrected chi connectivity index (χ0v) is 12.1. The van der Waals surface area contributed by atoms with Crippen LogP contribution in [0.3, 0.4) is 0 Å². The van der Waals surface area contributed by atoms with Crippen molar-refractivity contribution < 1.29 is 9.66 Å². The Morgan fingerprint density at radius 1 is 1.40 bits per heavy atom. The quantitative estimate of drug-likeness (QED) is 0.465. The molecule has 0 fully saturated rings. The summed E-state index contributed by atoms with van der Waals surface area (Å²) in [5.74, 6) is 2.22. The van der Waals surface area contributed by atoms with E-state index < -0.39 is 4.92 Å². The van der Waals surface area contributed by atoms with Crippen LogP contribution in [0.2, 0.25) is 0 Å². The van der Waals surface area contributed by atoms with E-state index in [0.29, 0.717) is 5.82 Å². The third-order valence-electron chi connectivity index (χ3n) is 2.75. The molecule has 0 saturated carbocycles. The summed E-state index contributed by atoms with van der Waals surface area (Å²) in [5.41, 5.74) is 0. The number of nitrogens with zero attached hydrogens (tertiary/aromatic N) is 3. The average molecular weight is 293 g/mol. The predicted octanol–water partition coefficient (Wildman–Crippen LogP) is 3.02. The molecule has 0 spiro atoms. The fourth-order valence-corrected chi connectivity index (χ4v) is 2.35. The molecule has 7 heteroatoms. The first-order chi connectivity index (χ1) is 9.61. The second-order valence-corrected chi connectivity index (χ2v) is 5.38. The normalized spacial score (nSPS) is 10.5. The van der Waals surface area contributed by atoms with Crippen LogP contribution in [0.4, 0.5) is 5.82 Å². The van der Waals surface area contributed by atoms with Gasteiger partial charge in [-0.15, -0.1) is 11.8 Å². The van der Waals surface area contributed by atoms with Gasteiger partial charge in [-0.25, -0.2) is 9.55 Å². The van der Waals surface area contributed by atoms with Gasteiger partial charge < -0.3 is 14.9 Å². The summed E-state index contributed by atoms with van der Waals surface area (Å²) in [6.07, 6.45) is 1.24. The highest BCUT2D eigenvalue weighted by molar-refractivity contribution is 7.99. The van der Waals surface area contributed by atoms with Crippen LogP contribution in [-0.2, 0) is 13.7 Å². The molecule has 20 heavy (non-hydrogen) atoms. The maximum absolute atomic E-state index is 10.7. The highest BCUT2D eigenvalue weighted by atomic mass is 32.2. The van der Waals surface area contributed by atoms with Gasteiger partial charge in [0.25, 0.3) is 0 Å². The fraction of sp³-hybridized carbons (Fsp3) is 0.308. The van der Waals surface area contributed by atoms with E-state index >= 15 is 0 Å². The summed E-state index contributed by atoms with van der Waals surface area (Å²) in [7, 11) is 1.60. The minimum atomic E-state index is -0.465. The van der Waals surface area contributed by atoms with Gasteiger partial charge in [0, 0.05) is 4.90 Å². The van der Waals surface area contributed by atoms with Crippen LogP contribution in [-0.4, -0.2) is 20.2 Å². The lowest BCUT2D eigenvalue weighted by molar-refractivity contribution is -0.391. The summed E-state index contributed by atoms with van der Waals surface area (Å²) in [5, 5.41) is 10.7. The Morgan fingerprint density at radius 2 is 2.10 bits per heavy atom. The summed E-state index contributed by atoms with van der Waals surface area (Å²) in [6, 6.07) is 7.75. The Kier molecular flexibility index (Phi) is 4.62. The molecule has 0 amide bonds. The van der Waals surface area contributed by atoms with Gasteiger partial charge in [0.1, 0.15) is 11.9 Å². The van der Waals surface area contributed by atoms with Crippen LogP contribution in [0, 0.1) is 10.1 Å². The maximum Gasteiger partial charge on any atom is 0.342 e. The number of nitro groups is 1. The molecule has 0 bridgehead atoms. The molecule has 0 radical (unpaired) electrons. The van der Waals surface area contributed by atoms with Gasteiger partial charge >= 0.3 is 5.82 Å². The van der Waals surface area contributed by atoms with Gasteiger partial charge in [0.05, 0.1) is 7.05 Å². The van der Waals surface area contributed by atoms with Crippen LogP contribution in [0.15, 0.2) is 35.4 Å². The highest BCUT2D eigenvalue weighted by Crippen LogP contribution is 2.21. The Labute approximate surface area is 120 Å². The molecule has 1 aromatic heterocycles. The molecule has 0 N–H and O–H groups in total. The molecule has 2 rings (SSSR count). The van der Waals surface area contributed by atoms with Gasteiger partial charge in [-0.2, -0.15) is 0 Å². The van der Waals surface area contributed by atoms with Crippen molar-refractivity contribution in [2.24, 2.45) is 7.05 Å². The molecule has 0 aliphatic heterocycles. The number of ether oxygens (including phenoxy) is 1. The van der Waals surface area contributed by atoms with E-state index in [2.05, 4.69) is 11.9 Å². The number of thioether (sulfide) groups is 1. The van der Waals surface area contributed by atoms with Gasteiger partial charge in [0.15, 0.2) is 6.61 Å². The monoisotopic (exact) mass is 293 g/mol. The number of rotatable bonds is 6. The molecule has 106 valence electrons. The number of imidazole rings is 1. The molecular weight excluding hydrogens is 278 g/mol. The van der Waals surface area contributed by atoms with E-state index in [1.54, 1.807) is 18.8 Å². The molecule has 0 aliphatic carbocycles. The molecule has 1 aromatic carbocycles. The van der Waals surface area contributed by atoms with Gasteiger partial charge in [0.2, 0.25) is 5.82 Å². The van der Waals surface area contributed by atoms with Gasteiger partial charge in [-0.1, -0.05) is 6.92 Å². The number of hydrogen-bond donors (Lipinski definition) is 0. The van der Waals surface area contributed by atoms with E-state index in [1.165, 1.54) is 15.7 Å². The average Bonchev–Trinajstić information content (AvgIpc) is 2.80. The Bertz CT molecular complexity index is 595. The lowest BCUT2D eigenvalue weighted by Gasteiger charge is -2.05. The molecule has 2 aromatic rings. The highest BCUT2D eigenvalue weighted by Gasteiger charge is 2.16. The molecular formula is C13H15N3O3S. The summed E-state index contributed by atoms with van der Waals surface area (Å²) in [4.78, 5) is 15.4. The number of hydrogen-bond acceptors (Lipinski definition) is 5. The van der Waals surface area contributed by atoms with E-state index in [4.69, 9.17) is 4.74 Å². The van der Waals surface area contributed by atoms with Gasteiger partial charge in [-0.05, 0) is 34.9 Å². The standard InChI is InChI=1S/C13H15N3O3S/c1-3-20-11-6-4-10(5-7-11)19-9-12-14-8-13(15(12)2)16(17)18/h4-8H,3,9H2,1-2H3. The second kappa shape index (κ2) is 6.42. The Hall–Kier alpha value is -2.02. The topological polar surface area (TPSA) is 70.2 Å². The van der Waals surface area contributed by atoms with Crippen molar-refractivity contribution in [3.8, 4) is 5.75 Å². The van der Waals surface area contributed by atoms with Crippen molar-refractivity contribution in [2.45, 2.75) is 18.4 Å². The van der Waals surface area contributed by atoms with E-state index in [9.17, 15) is 10.1 Å². The third kappa shape index (κ3) is 3.30. The van der Waals surface area contributed by atoms with Crippen molar-refractivity contribution in [2.75, 3.05) is 5.75 Å². The van der Waals surface area contributed by atoms with Crippen molar-refractivity contribution in [1.82, 2.24) is 9.55 Å². The lowest BCUT2D eigenvalue weighted by atomic mass is 10.3. The summed E-state index contributed by atoms with van der Waals surface area (Å²) < 4.78 is 7.00. The van der Waals surface area contributed by atoms with Crippen molar-refractivity contribution in [3.63, 3.8) is 0 Å². The first-order valence-corrected chi connectivity index (χ1v) is 7.11. The molecule has 1 heterocycles. The van der Waals surface area contributed by atoms with Gasteiger partial charge in [-0.3, -0.25) is 0 Å². The summed E-state index contributed by atoms with van der Waals surface area (Å²) >= 11 is 1.76. The molecule has 0 saturated heterocycles. The SMILES string of the molecule is CCSc1ccc(OCc2ncc([N+](=O)[O-])n2C)cc1. The summed E-state index contributed by atoms with van der Waals surface area (Å²) in [6.45, 7) is 2.30. The van der Waals surface area contributed by atoms with Crippen molar-refractivity contribution in [3.05, 3.63) is 46.4 Å². The Balaban J connectivity index is 2.00. The van der Waals surface area contributed by atoms with Crippen molar-refractivity contribution in [1.29, 1.82) is 0 Å². The minimum absolute atomic E-state index is 0.0432. The third-order valence-corrected chi connectivity index (χ3v) is 3.64. The molecule has 6 nitrogen and oxygen atoms in total. The smallest absolute Gasteiger partial charge is 0.342 e. The number of benzene rings is 1. The predicted molar refractivity (Wildman–Crippen MR) is 77.0 cm³/mol. The zero-order chi connectivity index (χ0) is 14.5. The minimum Gasteiger partial charge on any atom is -0.483 e. The van der Waals surface area contributed by atoms with Crippen LogP contribution >= 0.6 is 11.8 Å². The molecule has 0 unspecified atom stereocenters. The molecule has 0 atom stereocenters. The van der Waals surface area contributed by atoms with Crippen LogP contribution in [0.25, 0.3) is 0 Å². The maximum atomic E-state index is 10.7. The van der Waals surface area contributed by atoms with E-state index in [-0.39, 0.29) is 12.4 Å². The largest absolute Gasteiger partial charge is 0.483 e. The first-order valence-electron chi connectivity index (χ1n) is 6.12. The fourth-order valence-electron chi connectivity index (χ4n) is 1.69. The zero-order valence-electron chi connectivity index (χ0n) is 11.3. The van der Waals surface area contributed by atoms with Crippen LogP contribution in [0.5, 0.6) is 5.75 Å². The Morgan fingerprint density at radius 3 is 2.65 bits per heavy atom. The van der Waals surface area contributed by atoms with Crippen LogP contribution < -0.4 is 4.74 Å².